The van der Waals surface area contributed by atoms with Crippen molar-refractivity contribution in [3.05, 3.63) is 63.9 Å². The molecule has 0 unspecified atom stereocenters. The lowest BCUT2D eigenvalue weighted by Gasteiger charge is -2.08. The van der Waals surface area contributed by atoms with Gasteiger partial charge >= 0.3 is 0 Å². The maximum atomic E-state index is 12.0. The number of hydrogen-bond donors (Lipinski definition) is 2. The number of rotatable bonds is 4. The van der Waals surface area contributed by atoms with E-state index in [2.05, 4.69) is 10.3 Å². The minimum atomic E-state index is -0.506. The lowest BCUT2D eigenvalue weighted by atomic mass is 10.1. The van der Waals surface area contributed by atoms with Gasteiger partial charge in [0.15, 0.2) is 0 Å². The molecular formula is C15H14ClN3O2. The number of pyridine rings is 1. The van der Waals surface area contributed by atoms with Crippen LogP contribution in [0.5, 0.6) is 0 Å². The Labute approximate surface area is 127 Å². The Balaban J connectivity index is 2.07. The summed E-state index contributed by atoms with van der Waals surface area (Å²) in [7, 11) is 0. The Kier molecular flexibility index (Phi) is 4.55. The Hall–Kier alpha value is -2.40. The molecule has 0 spiro atoms. The molecule has 0 fully saturated rings. The van der Waals surface area contributed by atoms with Crippen LogP contribution in [-0.2, 0) is 6.54 Å². The second kappa shape index (κ2) is 6.37. The molecule has 2 aromatic rings. The first-order valence-electron chi connectivity index (χ1n) is 6.26. The molecule has 2 rings (SSSR count). The Morgan fingerprint density at radius 2 is 2.10 bits per heavy atom. The second-order valence-corrected chi connectivity index (χ2v) is 4.96. The molecule has 108 valence electrons. The number of halogens is 1. The fourth-order valence-electron chi connectivity index (χ4n) is 1.81. The van der Waals surface area contributed by atoms with Gasteiger partial charge in [0.05, 0.1) is 10.6 Å². The first kappa shape index (κ1) is 15.0. The summed E-state index contributed by atoms with van der Waals surface area (Å²) < 4.78 is 0. The van der Waals surface area contributed by atoms with Crippen LogP contribution in [0.4, 0.5) is 0 Å². The van der Waals surface area contributed by atoms with Crippen molar-refractivity contribution in [3.8, 4) is 0 Å². The average Bonchev–Trinajstić information content (AvgIpc) is 2.45. The number of hydrogen-bond acceptors (Lipinski definition) is 3. The Morgan fingerprint density at radius 3 is 2.76 bits per heavy atom. The van der Waals surface area contributed by atoms with E-state index in [1.807, 2.05) is 0 Å². The number of nitrogens with zero attached hydrogens (tertiary/aromatic N) is 1. The second-order valence-electron chi connectivity index (χ2n) is 4.55. The topological polar surface area (TPSA) is 85.1 Å². The monoisotopic (exact) mass is 303 g/mol. The number of nitrogens with two attached hydrogens (primary N) is 1. The van der Waals surface area contributed by atoms with Crippen LogP contribution in [0.15, 0.2) is 36.5 Å². The van der Waals surface area contributed by atoms with Crippen LogP contribution in [-0.4, -0.2) is 16.8 Å². The van der Waals surface area contributed by atoms with Gasteiger partial charge in [-0.3, -0.25) is 14.6 Å². The quantitative estimate of drug-likeness (QED) is 0.906. The highest BCUT2D eigenvalue weighted by Gasteiger charge is 2.11. The van der Waals surface area contributed by atoms with Crippen LogP contribution >= 0.6 is 11.6 Å². The summed E-state index contributed by atoms with van der Waals surface area (Å²) in [6.07, 6.45) is 1.44. The SMILES string of the molecule is Cc1cc(Cl)c(C(=O)NCc2cccc(C(N)=O)c2)cn1. The molecule has 0 aliphatic carbocycles. The van der Waals surface area contributed by atoms with E-state index < -0.39 is 5.91 Å². The summed E-state index contributed by atoms with van der Waals surface area (Å²) in [6.45, 7) is 2.06. The lowest BCUT2D eigenvalue weighted by molar-refractivity contribution is 0.0950. The predicted molar refractivity (Wildman–Crippen MR) is 80.1 cm³/mol. The predicted octanol–water partition coefficient (Wildman–Crippen LogP) is 2.07. The summed E-state index contributed by atoms with van der Waals surface area (Å²) in [6, 6.07) is 8.39. The van der Waals surface area contributed by atoms with Crippen molar-refractivity contribution in [1.82, 2.24) is 10.3 Å². The zero-order chi connectivity index (χ0) is 15.4. The molecule has 6 heteroatoms. The third-order valence-electron chi connectivity index (χ3n) is 2.90. The highest BCUT2D eigenvalue weighted by molar-refractivity contribution is 6.33. The standard InChI is InChI=1S/C15H14ClN3O2/c1-9-5-13(16)12(8-18-9)15(21)19-7-10-3-2-4-11(6-10)14(17)20/h2-6,8H,7H2,1H3,(H2,17,20)(H,19,21). The smallest absolute Gasteiger partial charge is 0.254 e. The molecule has 0 aliphatic rings. The lowest BCUT2D eigenvalue weighted by Crippen LogP contribution is -2.23. The minimum absolute atomic E-state index is 0.268. The van der Waals surface area contributed by atoms with E-state index in [4.69, 9.17) is 17.3 Å². The number of nitrogens with one attached hydrogen (secondary N) is 1. The molecule has 2 amide bonds. The van der Waals surface area contributed by atoms with Gasteiger partial charge in [-0.2, -0.15) is 0 Å². The van der Waals surface area contributed by atoms with E-state index in [-0.39, 0.29) is 12.5 Å². The molecule has 0 saturated heterocycles. The molecule has 1 heterocycles. The van der Waals surface area contributed by atoms with Crippen LogP contribution in [0.25, 0.3) is 0 Å². The molecule has 5 nitrogen and oxygen atoms in total. The van der Waals surface area contributed by atoms with Crippen molar-refractivity contribution in [2.45, 2.75) is 13.5 Å². The molecule has 21 heavy (non-hydrogen) atoms. The summed E-state index contributed by atoms with van der Waals surface area (Å²) >= 11 is 6.01. The van der Waals surface area contributed by atoms with Crippen LogP contribution in [0, 0.1) is 6.92 Å². The Bertz CT molecular complexity index is 701. The number of benzene rings is 1. The van der Waals surface area contributed by atoms with E-state index in [9.17, 15) is 9.59 Å². The van der Waals surface area contributed by atoms with Gasteiger partial charge in [0.1, 0.15) is 0 Å². The van der Waals surface area contributed by atoms with E-state index in [1.54, 1.807) is 37.3 Å². The number of carbonyl (C=O) groups is 2. The third-order valence-corrected chi connectivity index (χ3v) is 3.21. The molecular weight excluding hydrogens is 290 g/mol. The number of amides is 2. The molecule has 0 radical (unpaired) electrons. The van der Waals surface area contributed by atoms with Crippen molar-refractivity contribution < 1.29 is 9.59 Å². The zero-order valence-corrected chi connectivity index (χ0v) is 12.1. The highest BCUT2D eigenvalue weighted by atomic mass is 35.5. The average molecular weight is 304 g/mol. The molecule has 0 aliphatic heterocycles. The van der Waals surface area contributed by atoms with Crippen LogP contribution in [0.2, 0.25) is 5.02 Å². The maximum Gasteiger partial charge on any atom is 0.254 e. The summed E-state index contributed by atoms with van der Waals surface area (Å²) in [5.74, 6) is -0.828. The van der Waals surface area contributed by atoms with Crippen molar-refractivity contribution in [2.75, 3.05) is 0 Å². The maximum absolute atomic E-state index is 12.0. The highest BCUT2D eigenvalue weighted by Crippen LogP contribution is 2.15. The van der Waals surface area contributed by atoms with Gasteiger partial charge < -0.3 is 11.1 Å². The van der Waals surface area contributed by atoms with E-state index >= 15 is 0 Å². The third kappa shape index (κ3) is 3.79. The number of carbonyl (C=O) groups excluding carboxylic acids is 2. The van der Waals surface area contributed by atoms with E-state index in [1.165, 1.54) is 6.20 Å². The largest absolute Gasteiger partial charge is 0.366 e. The number of primary amides is 1. The molecule has 0 atom stereocenters. The number of aromatic nitrogens is 1. The van der Waals surface area contributed by atoms with Crippen molar-refractivity contribution in [3.63, 3.8) is 0 Å². The van der Waals surface area contributed by atoms with Gasteiger partial charge in [0.25, 0.3) is 5.91 Å². The zero-order valence-electron chi connectivity index (χ0n) is 11.4. The molecule has 0 bridgehead atoms. The summed E-state index contributed by atoms with van der Waals surface area (Å²) in [5, 5.41) is 3.08. The fraction of sp³-hybridized carbons (Fsp3) is 0.133. The normalized spacial score (nSPS) is 10.2. The first-order valence-corrected chi connectivity index (χ1v) is 6.64. The van der Waals surface area contributed by atoms with Crippen LogP contribution < -0.4 is 11.1 Å². The van der Waals surface area contributed by atoms with Crippen LogP contribution in [0.1, 0.15) is 32.0 Å². The van der Waals surface area contributed by atoms with Crippen molar-refractivity contribution in [1.29, 1.82) is 0 Å². The minimum Gasteiger partial charge on any atom is -0.366 e. The van der Waals surface area contributed by atoms with Crippen LogP contribution in [0.3, 0.4) is 0 Å². The Morgan fingerprint density at radius 1 is 1.33 bits per heavy atom. The van der Waals surface area contributed by atoms with Gasteiger partial charge in [-0.1, -0.05) is 23.7 Å². The van der Waals surface area contributed by atoms with Gasteiger partial charge in [0.2, 0.25) is 5.91 Å². The molecule has 1 aromatic carbocycles. The van der Waals surface area contributed by atoms with E-state index in [0.29, 0.717) is 16.1 Å². The van der Waals surface area contributed by atoms with Gasteiger partial charge in [-0.05, 0) is 30.7 Å². The molecule has 3 N–H and O–H groups in total. The van der Waals surface area contributed by atoms with Gasteiger partial charge in [-0.25, -0.2) is 0 Å². The molecule has 1 aromatic heterocycles. The summed E-state index contributed by atoms with van der Waals surface area (Å²) in [5.41, 5.74) is 7.44. The van der Waals surface area contributed by atoms with Crippen molar-refractivity contribution in [2.24, 2.45) is 5.73 Å². The first-order chi connectivity index (χ1) is 9.97. The fourth-order valence-corrected chi connectivity index (χ4v) is 2.10. The van der Waals surface area contributed by atoms with Gasteiger partial charge in [-0.15, -0.1) is 0 Å². The molecule has 0 saturated carbocycles. The van der Waals surface area contributed by atoms with Gasteiger partial charge in [0, 0.05) is 24.0 Å². The number of aryl methyl sites for hydroxylation is 1. The summed E-state index contributed by atoms with van der Waals surface area (Å²) in [4.78, 5) is 27.2. The van der Waals surface area contributed by atoms with Crippen molar-refractivity contribution >= 4 is 23.4 Å². The van der Waals surface area contributed by atoms with E-state index in [0.717, 1.165) is 11.3 Å².